The number of hydrogen-bond donors (Lipinski definition) is 3. The van der Waals surface area contributed by atoms with Crippen LogP contribution in [0.2, 0.25) is 0 Å². The third-order valence-corrected chi connectivity index (χ3v) is 4.98. The van der Waals surface area contributed by atoms with Crippen molar-refractivity contribution in [1.82, 2.24) is 14.9 Å². The van der Waals surface area contributed by atoms with Gasteiger partial charge in [-0.15, -0.1) is 0 Å². The molecule has 0 radical (unpaired) electrons. The molecule has 0 bridgehead atoms. The van der Waals surface area contributed by atoms with E-state index >= 15 is 0 Å². The monoisotopic (exact) mass is 321 g/mol. The highest BCUT2D eigenvalue weighted by molar-refractivity contribution is 7.89. The van der Waals surface area contributed by atoms with E-state index in [9.17, 15) is 23.1 Å². The summed E-state index contributed by atoms with van der Waals surface area (Å²) in [5.41, 5.74) is -0.939. The van der Waals surface area contributed by atoms with Gasteiger partial charge < -0.3 is 15.3 Å². The predicted molar refractivity (Wildman–Crippen MR) is 77.4 cm³/mol. The van der Waals surface area contributed by atoms with E-state index in [2.05, 4.69) is 10.0 Å². The van der Waals surface area contributed by atoms with E-state index in [4.69, 9.17) is 0 Å². The van der Waals surface area contributed by atoms with E-state index < -0.39 is 27.4 Å². The molecule has 9 heteroatoms. The maximum atomic E-state index is 12.0. The molecule has 3 N–H and O–H groups in total. The van der Waals surface area contributed by atoms with Crippen molar-refractivity contribution < 1.29 is 23.1 Å². The number of rotatable bonds is 6. The molecule has 122 valence electrons. The van der Waals surface area contributed by atoms with E-state index in [1.165, 1.54) is 4.90 Å². The van der Waals surface area contributed by atoms with Crippen molar-refractivity contribution in [3.05, 3.63) is 0 Å². The standard InChI is InChI=1S/C12H23N3O5S/c1-3-14-21(19,20)8-6-13-11(18)15-7-4-5-12(2,9-15)10(16)17/h14H,3-9H2,1-2H3,(H,13,18)(H,16,17). The van der Waals surface area contributed by atoms with Gasteiger partial charge in [-0.3, -0.25) is 4.79 Å². The zero-order valence-corrected chi connectivity index (χ0v) is 13.2. The summed E-state index contributed by atoms with van der Waals surface area (Å²) in [5.74, 6) is -1.12. The summed E-state index contributed by atoms with van der Waals surface area (Å²) in [6.45, 7) is 4.21. The second-order valence-electron chi connectivity index (χ2n) is 5.44. The number of nitrogens with zero attached hydrogens (tertiary/aromatic N) is 1. The van der Waals surface area contributed by atoms with Crippen LogP contribution in [-0.4, -0.2) is 62.4 Å². The molecular formula is C12H23N3O5S. The highest BCUT2D eigenvalue weighted by atomic mass is 32.2. The number of aliphatic carboxylic acids is 1. The maximum Gasteiger partial charge on any atom is 0.317 e. The molecule has 1 saturated heterocycles. The number of amides is 2. The summed E-state index contributed by atoms with van der Waals surface area (Å²) in [6, 6.07) is -0.422. The van der Waals surface area contributed by atoms with Crippen LogP contribution in [0.15, 0.2) is 0 Å². The molecule has 0 aromatic heterocycles. The summed E-state index contributed by atoms with van der Waals surface area (Å²) in [5, 5.41) is 11.7. The lowest BCUT2D eigenvalue weighted by molar-refractivity contribution is -0.150. The fraction of sp³-hybridized carbons (Fsp3) is 0.833. The molecule has 1 aliphatic heterocycles. The van der Waals surface area contributed by atoms with Gasteiger partial charge in [-0.05, 0) is 19.8 Å². The Morgan fingerprint density at radius 3 is 2.62 bits per heavy atom. The van der Waals surface area contributed by atoms with Gasteiger partial charge in [0, 0.05) is 26.2 Å². The number of carboxylic acids is 1. The first-order valence-corrected chi connectivity index (χ1v) is 8.59. The highest BCUT2D eigenvalue weighted by Crippen LogP contribution is 2.29. The van der Waals surface area contributed by atoms with E-state index in [0.717, 1.165) is 0 Å². The summed E-state index contributed by atoms with van der Waals surface area (Å²) in [4.78, 5) is 24.6. The lowest BCUT2D eigenvalue weighted by Crippen LogP contribution is -2.52. The first kappa shape index (κ1) is 17.7. The van der Waals surface area contributed by atoms with Gasteiger partial charge in [0.15, 0.2) is 0 Å². The van der Waals surface area contributed by atoms with Crippen LogP contribution >= 0.6 is 0 Å². The average molecular weight is 321 g/mol. The zero-order chi connectivity index (χ0) is 16.1. The topological polar surface area (TPSA) is 116 Å². The quantitative estimate of drug-likeness (QED) is 0.628. The Morgan fingerprint density at radius 2 is 2.05 bits per heavy atom. The second kappa shape index (κ2) is 7.08. The molecule has 1 heterocycles. The van der Waals surface area contributed by atoms with Gasteiger partial charge in [0.05, 0.1) is 11.2 Å². The SMILES string of the molecule is CCNS(=O)(=O)CCNC(=O)N1CCCC(C)(C(=O)O)C1. The molecule has 0 aromatic carbocycles. The summed E-state index contributed by atoms with van der Waals surface area (Å²) in [6.07, 6.45) is 1.15. The molecule has 1 atom stereocenters. The van der Waals surface area contributed by atoms with Crippen molar-refractivity contribution in [1.29, 1.82) is 0 Å². The van der Waals surface area contributed by atoms with Crippen LogP contribution in [0.1, 0.15) is 26.7 Å². The van der Waals surface area contributed by atoms with E-state index in [1.54, 1.807) is 13.8 Å². The molecule has 2 amide bonds. The molecule has 1 unspecified atom stereocenters. The average Bonchev–Trinajstić information content (AvgIpc) is 2.38. The lowest BCUT2D eigenvalue weighted by Gasteiger charge is -2.37. The molecule has 8 nitrogen and oxygen atoms in total. The smallest absolute Gasteiger partial charge is 0.317 e. The normalized spacial score (nSPS) is 22.9. The van der Waals surface area contributed by atoms with Crippen LogP contribution in [0.4, 0.5) is 4.79 Å². The van der Waals surface area contributed by atoms with Crippen molar-refractivity contribution in [3.63, 3.8) is 0 Å². The van der Waals surface area contributed by atoms with Crippen LogP contribution in [0.3, 0.4) is 0 Å². The Labute approximate surface area is 124 Å². The Kier molecular flexibility index (Phi) is 5.97. The van der Waals surface area contributed by atoms with Crippen molar-refractivity contribution in [2.75, 3.05) is 31.9 Å². The molecule has 1 rings (SSSR count). The zero-order valence-electron chi connectivity index (χ0n) is 12.4. The molecule has 1 aliphatic rings. The van der Waals surface area contributed by atoms with Crippen LogP contribution < -0.4 is 10.0 Å². The van der Waals surface area contributed by atoms with Gasteiger partial charge in [-0.1, -0.05) is 6.92 Å². The summed E-state index contributed by atoms with van der Waals surface area (Å²) >= 11 is 0. The Balaban J connectivity index is 2.47. The van der Waals surface area contributed by atoms with Crippen LogP contribution in [-0.2, 0) is 14.8 Å². The van der Waals surface area contributed by atoms with Crippen molar-refractivity contribution >= 4 is 22.0 Å². The van der Waals surface area contributed by atoms with Gasteiger partial charge in [0.1, 0.15) is 0 Å². The van der Waals surface area contributed by atoms with Crippen molar-refractivity contribution in [3.8, 4) is 0 Å². The maximum absolute atomic E-state index is 12.0. The van der Waals surface area contributed by atoms with Crippen LogP contribution in [0, 0.1) is 5.41 Å². The van der Waals surface area contributed by atoms with Crippen LogP contribution in [0.5, 0.6) is 0 Å². The van der Waals surface area contributed by atoms with Gasteiger partial charge in [-0.25, -0.2) is 17.9 Å². The van der Waals surface area contributed by atoms with E-state index in [-0.39, 0.29) is 18.8 Å². The Bertz CT molecular complexity index is 493. The first-order valence-electron chi connectivity index (χ1n) is 6.94. The first-order chi connectivity index (χ1) is 9.70. The third-order valence-electron chi connectivity index (χ3n) is 3.51. The van der Waals surface area contributed by atoms with E-state index in [1.807, 2.05) is 0 Å². The number of carbonyl (C=O) groups is 2. The lowest BCUT2D eigenvalue weighted by atomic mass is 9.82. The fourth-order valence-corrected chi connectivity index (χ4v) is 3.24. The number of sulfonamides is 1. The number of piperidine rings is 1. The second-order valence-corrected chi connectivity index (χ2v) is 7.37. The third kappa shape index (κ3) is 5.16. The Morgan fingerprint density at radius 1 is 1.38 bits per heavy atom. The molecular weight excluding hydrogens is 298 g/mol. The fourth-order valence-electron chi connectivity index (χ4n) is 2.28. The minimum absolute atomic E-state index is 0.00550. The predicted octanol–water partition coefficient (Wildman–Crippen LogP) is -0.178. The van der Waals surface area contributed by atoms with Gasteiger partial charge in [0.2, 0.25) is 10.0 Å². The Hall–Kier alpha value is -1.35. The molecule has 0 aromatic rings. The largest absolute Gasteiger partial charge is 0.481 e. The van der Waals surface area contributed by atoms with Gasteiger partial charge in [0.25, 0.3) is 0 Å². The number of carboxylic acid groups (broad SMARTS) is 1. The van der Waals surface area contributed by atoms with Gasteiger partial charge in [-0.2, -0.15) is 0 Å². The number of likely N-dealkylation sites (tertiary alicyclic amines) is 1. The minimum Gasteiger partial charge on any atom is -0.481 e. The molecule has 1 fully saturated rings. The van der Waals surface area contributed by atoms with Gasteiger partial charge >= 0.3 is 12.0 Å². The van der Waals surface area contributed by atoms with Crippen molar-refractivity contribution in [2.45, 2.75) is 26.7 Å². The molecule has 0 saturated carbocycles. The molecule has 21 heavy (non-hydrogen) atoms. The number of hydrogen-bond acceptors (Lipinski definition) is 4. The number of carbonyl (C=O) groups excluding carboxylic acids is 1. The summed E-state index contributed by atoms with van der Waals surface area (Å²) < 4.78 is 25.2. The van der Waals surface area contributed by atoms with Crippen LogP contribution in [0.25, 0.3) is 0 Å². The van der Waals surface area contributed by atoms with Crippen molar-refractivity contribution in [2.24, 2.45) is 5.41 Å². The highest BCUT2D eigenvalue weighted by Gasteiger charge is 2.39. The number of urea groups is 1. The molecule has 0 spiro atoms. The van der Waals surface area contributed by atoms with E-state index in [0.29, 0.717) is 25.9 Å². The minimum atomic E-state index is -3.37. The molecule has 0 aliphatic carbocycles. The summed E-state index contributed by atoms with van der Waals surface area (Å²) in [7, 11) is -3.37. The number of nitrogens with one attached hydrogen (secondary N) is 2.